The van der Waals surface area contributed by atoms with E-state index < -0.39 is 0 Å². The summed E-state index contributed by atoms with van der Waals surface area (Å²) in [5.74, 6) is 0. The molecule has 0 N–H and O–H groups in total. The van der Waals surface area contributed by atoms with Gasteiger partial charge in [0.25, 0.3) is 0 Å². The molecule has 0 fully saturated rings. The fourth-order valence-corrected chi connectivity index (χ4v) is 3.93. The predicted octanol–water partition coefficient (Wildman–Crippen LogP) is 5.38. The number of fused-ring (bicyclic) bond motifs is 7. The average Bonchev–Trinajstić information content (AvgIpc) is 3.11. The van der Waals surface area contributed by atoms with Crippen LogP contribution in [0, 0.1) is 0 Å². The van der Waals surface area contributed by atoms with Crippen molar-refractivity contribution in [3.8, 4) is 0 Å². The lowest BCUT2D eigenvalue weighted by Crippen LogP contribution is -1.85. The molecule has 3 aromatic carbocycles. The van der Waals surface area contributed by atoms with Crippen LogP contribution in [-0.2, 0) is 0 Å². The third kappa shape index (κ3) is 1.28. The zero-order valence-electron chi connectivity index (χ0n) is 12.3. The Bertz CT molecular complexity index is 1360. The quantitative estimate of drug-likeness (QED) is 0.367. The smallest absolute Gasteiger partial charge is 0.146 e. The minimum Gasteiger partial charge on any atom is -0.293 e. The van der Waals surface area contributed by atoms with Crippen molar-refractivity contribution in [3.63, 3.8) is 0 Å². The first-order chi connectivity index (χ1) is 11.4. The van der Waals surface area contributed by atoms with Gasteiger partial charge in [-0.05, 0) is 18.2 Å². The van der Waals surface area contributed by atoms with E-state index in [0.717, 1.165) is 11.2 Å². The van der Waals surface area contributed by atoms with Crippen LogP contribution in [0.4, 0.5) is 0 Å². The molecule has 0 amide bonds. The van der Waals surface area contributed by atoms with Crippen LogP contribution in [0.3, 0.4) is 0 Å². The van der Waals surface area contributed by atoms with E-state index in [1.54, 1.807) is 0 Å². The van der Waals surface area contributed by atoms with Crippen molar-refractivity contribution < 1.29 is 0 Å². The molecule has 0 atom stereocenters. The Kier molecular flexibility index (Phi) is 1.89. The van der Waals surface area contributed by atoms with Gasteiger partial charge < -0.3 is 0 Å². The number of rotatable bonds is 0. The molecule has 3 heterocycles. The van der Waals surface area contributed by atoms with Crippen molar-refractivity contribution in [3.05, 3.63) is 72.8 Å². The van der Waals surface area contributed by atoms with Crippen LogP contribution >= 0.6 is 0 Å². The van der Waals surface area contributed by atoms with E-state index in [0.29, 0.717) is 0 Å². The maximum absolute atomic E-state index is 4.98. The largest absolute Gasteiger partial charge is 0.293 e. The van der Waals surface area contributed by atoms with Gasteiger partial charge >= 0.3 is 0 Å². The number of pyridine rings is 1. The molecule has 0 saturated heterocycles. The van der Waals surface area contributed by atoms with Gasteiger partial charge in [0.15, 0.2) is 0 Å². The molecular formula is C21H12N2. The molecule has 6 aromatic rings. The summed E-state index contributed by atoms with van der Waals surface area (Å²) in [6.07, 6.45) is 0. The van der Waals surface area contributed by atoms with E-state index in [2.05, 4.69) is 71.1 Å². The van der Waals surface area contributed by atoms with Gasteiger partial charge in [-0.3, -0.25) is 4.40 Å². The fourth-order valence-electron chi connectivity index (χ4n) is 3.93. The molecule has 0 radical (unpaired) electrons. The standard InChI is InChI=1S/C21H12N2/c1-3-10-18-13(6-1)12-17-16-9-5-8-15-14-7-2-4-11-19(14)23(20(15)16)21(17)22-18/h1-12H. The summed E-state index contributed by atoms with van der Waals surface area (Å²) < 4.78 is 2.32. The molecule has 0 aliphatic heterocycles. The highest BCUT2D eigenvalue weighted by Gasteiger charge is 2.17. The molecule has 0 aliphatic carbocycles. The average molecular weight is 292 g/mol. The first kappa shape index (κ1) is 11.4. The third-order valence-corrected chi connectivity index (χ3v) is 4.90. The van der Waals surface area contributed by atoms with Crippen molar-refractivity contribution in [2.24, 2.45) is 0 Å². The SMILES string of the molecule is c1ccc2nc3c(cc2c1)c1cccc2c4ccccc4n3c21. The Morgan fingerprint density at radius 3 is 2.35 bits per heavy atom. The lowest BCUT2D eigenvalue weighted by Gasteiger charge is -2.00. The van der Waals surface area contributed by atoms with Crippen molar-refractivity contribution in [2.45, 2.75) is 0 Å². The first-order valence-corrected chi connectivity index (χ1v) is 7.84. The highest BCUT2D eigenvalue weighted by atomic mass is 15.0. The highest BCUT2D eigenvalue weighted by molar-refractivity contribution is 6.23. The van der Waals surface area contributed by atoms with Crippen LogP contribution in [-0.4, -0.2) is 9.38 Å². The van der Waals surface area contributed by atoms with Gasteiger partial charge in [0.2, 0.25) is 0 Å². The number of aromatic nitrogens is 2. The van der Waals surface area contributed by atoms with Gasteiger partial charge in [0, 0.05) is 26.9 Å². The zero-order chi connectivity index (χ0) is 15.0. The van der Waals surface area contributed by atoms with Crippen LogP contribution in [0.5, 0.6) is 0 Å². The van der Waals surface area contributed by atoms with E-state index in [4.69, 9.17) is 4.98 Å². The lowest BCUT2D eigenvalue weighted by atomic mass is 10.1. The molecule has 0 saturated carbocycles. The maximum Gasteiger partial charge on any atom is 0.146 e. The number of hydrogen-bond donors (Lipinski definition) is 0. The Labute approximate surface area is 131 Å². The second-order valence-corrected chi connectivity index (χ2v) is 6.11. The van der Waals surface area contributed by atoms with Gasteiger partial charge in [-0.1, -0.05) is 54.6 Å². The molecule has 6 rings (SSSR count). The molecule has 0 unspecified atom stereocenters. The second kappa shape index (κ2) is 3.79. The summed E-state index contributed by atoms with van der Waals surface area (Å²) in [5.41, 5.74) is 4.61. The van der Waals surface area contributed by atoms with E-state index in [9.17, 15) is 0 Å². The molecule has 0 spiro atoms. The van der Waals surface area contributed by atoms with Crippen LogP contribution < -0.4 is 0 Å². The number of hydrogen-bond acceptors (Lipinski definition) is 1. The van der Waals surface area contributed by atoms with Gasteiger partial charge in [-0.15, -0.1) is 0 Å². The van der Waals surface area contributed by atoms with Crippen LogP contribution in [0.25, 0.3) is 49.1 Å². The Morgan fingerprint density at radius 1 is 0.652 bits per heavy atom. The molecule has 0 aliphatic rings. The van der Waals surface area contributed by atoms with Gasteiger partial charge in [-0.25, -0.2) is 4.98 Å². The Hall–Kier alpha value is -3.13. The molecule has 2 heteroatoms. The van der Waals surface area contributed by atoms with Crippen molar-refractivity contribution in [1.82, 2.24) is 9.38 Å². The maximum atomic E-state index is 4.98. The third-order valence-electron chi connectivity index (χ3n) is 4.90. The molecule has 23 heavy (non-hydrogen) atoms. The fraction of sp³-hybridized carbons (Fsp3) is 0. The van der Waals surface area contributed by atoms with Gasteiger partial charge in [-0.2, -0.15) is 0 Å². The number of benzene rings is 3. The van der Waals surface area contributed by atoms with Crippen molar-refractivity contribution in [2.75, 3.05) is 0 Å². The lowest BCUT2D eigenvalue weighted by molar-refractivity contribution is 1.30. The summed E-state index contributed by atoms with van der Waals surface area (Å²) in [5, 5.41) is 6.31. The van der Waals surface area contributed by atoms with E-state index in [-0.39, 0.29) is 0 Å². The van der Waals surface area contributed by atoms with Crippen LogP contribution in [0.15, 0.2) is 72.8 Å². The van der Waals surface area contributed by atoms with Crippen molar-refractivity contribution >= 4 is 49.1 Å². The number of nitrogens with zero attached hydrogens (tertiary/aromatic N) is 2. The van der Waals surface area contributed by atoms with Crippen LogP contribution in [0.2, 0.25) is 0 Å². The first-order valence-electron chi connectivity index (χ1n) is 7.84. The highest BCUT2D eigenvalue weighted by Crippen LogP contribution is 2.38. The van der Waals surface area contributed by atoms with E-state index in [1.807, 2.05) is 6.07 Å². The predicted molar refractivity (Wildman–Crippen MR) is 96.4 cm³/mol. The summed E-state index contributed by atoms with van der Waals surface area (Å²) in [4.78, 5) is 4.98. The van der Waals surface area contributed by atoms with Gasteiger partial charge in [0.05, 0.1) is 16.6 Å². The molecular weight excluding hydrogens is 280 g/mol. The molecule has 3 aromatic heterocycles. The second-order valence-electron chi connectivity index (χ2n) is 6.11. The minimum atomic E-state index is 1.05. The van der Waals surface area contributed by atoms with Gasteiger partial charge in [0.1, 0.15) is 5.65 Å². The summed E-state index contributed by atoms with van der Waals surface area (Å²) in [7, 11) is 0. The molecule has 2 nitrogen and oxygen atoms in total. The minimum absolute atomic E-state index is 1.05. The molecule has 0 bridgehead atoms. The topological polar surface area (TPSA) is 17.3 Å². The summed E-state index contributed by atoms with van der Waals surface area (Å²) in [6, 6.07) is 25.8. The Morgan fingerprint density at radius 2 is 1.39 bits per heavy atom. The monoisotopic (exact) mass is 292 g/mol. The summed E-state index contributed by atoms with van der Waals surface area (Å²) in [6.45, 7) is 0. The van der Waals surface area contributed by atoms with Crippen LogP contribution in [0.1, 0.15) is 0 Å². The van der Waals surface area contributed by atoms with E-state index >= 15 is 0 Å². The van der Waals surface area contributed by atoms with E-state index in [1.165, 1.54) is 38.0 Å². The summed E-state index contributed by atoms with van der Waals surface area (Å²) >= 11 is 0. The normalized spacial score (nSPS) is 12.3. The zero-order valence-corrected chi connectivity index (χ0v) is 12.3. The Balaban J connectivity index is 2.04. The number of para-hydroxylation sites is 3. The molecule has 106 valence electrons. The van der Waals surface area contributed by atoms with Crippen molar-refractivity contribution in [1.29, 1.82) is 0 Å².